The number of nitrogens with zero attached hydrogens (tertiary/aromatic N) is 2. The summed E-state index contributed by atoms with van der Waals surface area (Å²) in [5.74, 6) is -0.917. The number of hydrazone groups is 1. The fourth-order valence-electron chi connectivity index (χ4n) is 1.79. The average Bonchev–Trinajstić information content (AvgIpc) is 2.56. The molecule has 6 nitrogen and oxygen atoms in total. The molecule has 24 heavy (non-hydrogen) atoms. The number of nitrogens with one attached hydrogen (secondary N) is 1. The highest BCUT2D eigenvalue weighted by atomic mass is 32.2. The molecule has 0 saturated heterocycles. The van der Waals surface area contributed by atoms with Gasteiger partial charge in [-0.1, -0.05) is 18.2 Å². The minimum atomic E-state index is -3.62. The Labute approximate surface area is 139 Å². The van der Waals surface area contributed by atoms with Crippen molar-refractivity contribution < 1.29 is 17.6 Å². The van der Waals surface area contributed by atoms with Gasteiger partial charge in [0.05, 0.1) is 11.1 Å². The van der Waals surface area contributed by atoms with E-state index in [0.717, 1.165) is 4.31 Å². The molecule has 0 aromatic heterocycles. The summed E-state index contributed by atoms with van der Waals surface area (Å²) in [5, 5.41) is 3.77. The normalized spacial score (nSPS) is 11.8. The lowest BCUT2D eigenvalue weighted by Crippen LogP contribution is -2.23. The lowest BCUT2D eigenvalue weighted by atomic mass is 10.2. The van der Waals surface area contributed by atoms with Crippen LogP contribution >= 0.6 is 0 Å². The number of carbonyl (C=O) groups is 1. The molecule has 2 rings (SSSR count). The van der Waals surface area contributed by atoms with Crippen LogP contribution in [0, 0.1) is 5.82 Å². The molecular weight excluding hydrogens is 333 g/mol. The van der Waals surface area contributed by atoms with E-state index >= 15 is 0 Å². The third-order valence-corrected chi connectivity index (χ3v) is 4.94. The maximum atomic E-state index is 12.8. The van der Waals surface area contributed by atoms with Crippen molar-refractivity contribution in [3.8, 4) is 0 Å². The zero-order valence-electron chi connectivity index (χ0n) is 13.1. The minimum absolute atomic E-state index is 0.0164. The molecule has 1 N–H and O–H groups in total. The van der Waals surface area contributed by atoms with E-state index in [1.807, 2.05) is 0 Å². The number of benzene rings is 2. The van der Waals surface area contributed by atoms with Crippen molar-refractivity contribution in [2.75, 3.05) is 14.1 Å². The second-order valence-corrected chi connectivity index (χ2v) is 7.22. The number of hydrogen-bond donors (Lipinski definition) is 1. The third-order valence-electron chi connectivity index (χ3n) is 3.12. The zero-order valence-corrected chi connectivity index (χ0v) is 13.9. The summed E-state index contributed by atoms with van der Waals surface area (Å²) < 4.78 is 38.0. The number of hydrogen-bond acceptors (Lipinski definition) is 4. The summed E-state index contributed by atoms with van der Waals surface area (Å²) in [5.41, 5.74) is 3.07. The highest BCUT2D eigenvalue weighted by Crippen LogP contribution is 2.14. The van der Waals surface area contributed by atoms with Crippen LogP contribution in [0.5, 0.6) is 0 Å². The van der Waals surface area contributed by atoms with Crippen molar-refractivity contribution in [1.82, 2.24) is 9.73 Å². The lowest BCUT2D eigenvalue weighted by molar-refractivity contribution is 0.0955. The van der Waals surface area contributed by atoms with Crippen LogP contribution in [0.3, 0.4) is 0 Å². The van der Waals surface area contributed by atoms with Crippen LogP contribution in [0.15, 0.2) is 58.5 Å². The van der Waals surface area contributed by atoms with E-state index < -0.39 is 15.9 Å². The van der Waals surface area contributed by atoms with Crippen molar-refractivity contribution >= 4 is 22.1 Å². The van der Waals surface area contributed by atoms with Crippen molar-refractivity contribution in [3.05, 3.63) is 65.5 Å². The Bertz CT molecular complexity index is 862. The second kappa shape index (κ2) is 7.33. The first kappa shape index (κ1) is 17.8. The molecule has 0 fully saturated rings. The van der Waals surface area contributed by atoms with Gasteiger partial charge in [-0.05, 0) is 35.9 Å². The molecule has 0 radical (unpaired) electrons. The van der Waals surface area contributed by atoms with Gasteiger partial charge >= 0.3 is 0 Å². The number of halogens is 1. The molecule has 2 aromatic rings. The third kappa shape index (κ3) is 4.24. The SMILES string of the molecule is CN(C)S(=O)(=O)c1cccc(C(=O)N/N=C\c2ccc(F)cc2)c1. The monoisotopic (exact) mass is 349 g/mol. The standard InChI is InChI=1S/C16H16FN3O3S/c1-20(2)24(22,23)15-5-3-4-13(10-15)16(21)19-18-11-12-6-8-14(17)9-7-12/h3-11H,1-2H3,(H,19,21)/b18-11-. The van der Waals surface area contributed by atoms with Gasteiger partial charge in [0.25, 0.3) is 5.91 Å². The molecule has 0 heterocycles. The van der Waals surface area contributed by atoms with E-state index in [-0.39, 0.29) is 16.3 Å². The maximum Gasteiger partial charge on any atom is 0.271 e. The van der Waals surface area contributed by atoms with Gasteiger partial charge in [0.15, 0.2) is 0 Å². The summed E-state index contributed by atoms with van der Waals surface area (Å²) in [4.78, 5) is 12.1. The number of rotatable bonds is 5. The molecule has 0 unspecified atom stereocenters. The van der Waals surface area contributed by atoms with Crippen molar-refractivity contribution in [3.63, 3.8) is 0 Å². The van der Waals surface area contributed by atoms with Crippen molar-refractivity contribution in [2.24, 2.45) is 5.10 Å². The van der Waals surface area contributed by atoms with Gasteiger partial charge in [-0.25, -0.2) is 22.5 Å². The molecule has 0 atom stereocenters. The van der Waals surface area contributed by atoms with Gasteiger partial charge in [0, 0.05) is 19.7 Å². The summed E-state index contributed by atoms with van der Waals surface area (Å²) in [7, 11) is -0.798. The Morgan fingerprint density at radius 1 is 1.17 bits per heavy atom. The van der Waals surface area contributed by atoms with Gasteiger partial charge in [0.1, 0.15) is 5.82 Å². The molecule has 2 aromatic carbocycles. The first-order chi connectivity index (χ1) is 11.3. The Morgan fingerprint density at radius 3 is 2.46 bits per heavy atom. The number of carbonyl (C=O) groups excluding carboxylic acids is 1. The molecular formula is C16H16FN3O3S. The summed E-state index contributed by atoms with van der Waals surface area (Å²) >= 11 is 0. The molecule has 0 aliphatic heterocycles. The van der Waals surface area contributed by atoms with Crippen LogP contribution in [-0.2, 0) is 10.0 Å². The molecule has 0 spiro atoms. The van der Waals surface area contributed by atoms with Gasteiger partial charge in [-0.2, -0.15) is 5.10 Å². The lowest BCUT2D eigenvalue weighted by Gasteiger charge is -2.11. The highest BCUT2D eigenvalue weighted by molar-refractivity contribution is 7.89. The quantitative estimate of drug-likeness (QED) is 0.661. The topological polar surface area (TPSA) is 78.8 Å². The van der Waals surface area contributed by atoms with Crippen molar-refractivity contribution in [2.45, 2.75) is 4.90 Å². The van der Waals surface area contributed by atoms with E-state index in [1.165, 1.54) is 68.8 Å². The number of sulfonamides is 1. The fraction of sp³-hybridized carbons (Fsp3) is 0.125. The second-order valence-electron chi connectivity index (χ2n) is 5.07. The van der Waals surface area contributed by atoms with Crippen LogP contribution < -0.4 is 5.43 Å². The Morgan fingerprint density at radius 2 is 1.83 bits per heavy atom. The van der Waals surface area contributed by atoms with E-state index in [4.69, 9.17) is 0 Å². The van der Waals surface area contributed by atoms with E-state index in [2.05, 4.69) is 10.5 Å². The van der Waals surface area contributed by atoms with Crippen LogP contribution in [0.25, 0.3) is 0 Å². The van der Waals surface area contributed by atoms with Crippen LogP contribution in [-0.4, -0.2) is 38.9 Å². The molecule has 126 valence electrons. The van der Waals surface area contributed by atoms with Gasteiger partial charge in [-0.15, -0.1) is 0 Å². The Hall–Kier alpha value is -2.58. The summed E-state index contributed by atoms with van der Waals surface area (Å²) in [6.07, 6.45) is 1.36. The molecule has 8 heteroatoms. The summed E-state index contributed by atoms with van der Waals surface area (Å²) in [6.45, 7) is 0. The number of amides is 1. The molecule has 0 aliphatic carbocycles. The predicted molar refractivity (Wildman–Crippen MR) is 88.8 cm³/mol. The maximum absolute atomic E-state index is 12.8. The zero-order chi connectivity index (χ0) is 17.7. The van der Waals surface area contributed by atoms with Gasteiger partial charge in [-0.3, -0.25) is 4.79 Å². The molecule has 0 bridgehead atoms. The van der Waals surface area contributed by atoms with Gasteiger partial charge < -0.3 is 0 Å². The molecule has 1 amide bonds. The van der Waals surface area contributed by atoms with Gasteiger partial charge in [0.2, 0.25) is 10.0 Å². The predicted octanol–water partition coefficient (Wildman–Crippen LogP) is 1.84. The first-order valence-electron chi connectivity index (χ1n) is 6.92. The molecule has 0 aliphatic rings. The van der Waals surface area contributed by atoms with Crippen LogP contribution in [0.4, 0.5) is 4.39 Å². The van der Waals surface area contributed by atoms with Crippen LogP contribution in [0.1, 0.15) is 15.9 Å². The van der Waals surface area contributed by atoms with E-state index in [0.29, 0.717) is 5.56 Å². The first-order valence-corrected chi connectivity index (χ1v) is 8.36. The van der Waals surface area contributed by atoms with E-state index in [9.17, 15) is 17.6 Å². The smallest absolute Gasteiger partial charge is 0.267 e. The highest BCUT2D eigenvalue weighted by Gasteiger charge is 2.18. The Kier molecular flexibility index (Phi) is 5.42. The minimum Gasteiger partial charge on any atom is -0.267 e. The molecule has 0 saturated carbocycles. The Balaban J connectivity index is 2.12. The van der Waals surface area contributed by atoms with E-state index in [1.54, 1.807) is 0 Å². The average molecular weight is 349 g/mol. The fourth-order valence-corrected chi connectivity index (χ4v) is 2.74. The summed E-state index contributed by atoms with van der Waals surface area (Å²) in [6, 6.07) is 11.2. The largest absolute Gasteiger partial charge is 0.271 e. The van der Waals surface area contributed by atoms with Crippen molar-refractivity contribution in [1.29, 1.82) is 0 Å². The van der Waals surface area contributed by atoms with Crippen LogP contribution in [0.2, 0.25) is 0 Å².